The minimum Gasteiger partial charge on any atom is -0.506 e. The molecule has 3 aromatic rings. The first-order valence-corrected chi connectivity index (χ1v) is 8.20. The van der Waals surface area contributed by atoms with Crippen molar-refractivity contribution >= 4 is 11.0 Å². The Balaban J connectivity index is 2.09. The van der Waals surface area contributed by atoms with Gasteiger partial charge in [-0.15, -0.1) is 0 Å². The van der Waals surface area contributed by atoms with Gasteiger partial charge in [0.1, 0.15) is 16.9 Å². The van der Waals surface area contributed by atoms with Crippen molar-refractivity contribution in [3.8, 4) is 16.9 Å². The molecule has 4 heteroatoms. The molecule has 4 nitrogen and oxygen atoms in total. The van der Waals surface area contributed by atoms with Crippen LogP contribution in [0.25, 0.3) is 22.1 Å². The summed E-state index contributed by atoms with van der Waals surface area (Å²) >= 11 is 0. The highest BCUT2D eigenvalue weighted by Gasteiger charge is 2.16. The molecular weight excluding hydrogens is 302 g/mol. The molecule has 0 radical (unpaired) electrons. The first-order valence-electron chi connectivity index (χ1n) is 8.20. The van der Waals surface area contributed by atoms with Crippen LogP contribution in [0.5, 0.6) is 5.75 Å². The van der Waals surface area contributed by atoms with E-state index < -0.39 is 5.63 Å². The normalized spacial score (nSPS) is 11.3. The standard InChI is InChI=1S/C20H21NO3/c1-3-21(4-2)13-14-8-7-9-15(12-14)18-19(22)16-10-5-6-11-17(16)24-20(18)23/h5-12,22H,3-4,13H2,1-2H3. The largest absolute Gasteiger partial charge is 0.506 e. The highest BCUT2D eigenvalue weighted by Crippen LogP contribution is 2.33. The second kappa shape index (κ2) is 6.89. The molecule has 0 fully saturated rings. The van der Waals surface area contributed by atoms with Crippen molar-refractivity contribution in [3.05, 3.63) is 64.5 Å². The lowest BCUT2D eigenvalue weighted by Crippen LogP contribution is -2.22. The van der Waals surface area contributed by atoms with Gasteiger partial charge in [0, 0.05) is 6.54 Å². The first kappa shape index (κ1) is 16.3. The Morgan fingerprint density at radius 3 is 2.54 bits per heavy atom. The topological polar surface area (TPSA) is 53.7 Å². The molecule has 3 rings (SSSR count). The zero-order chi connectivity index (χ0) is 17.1. The van der Waals surface area contributed by atoms with Crippen LogP contribution in [-0.2, 0) is 6.54 Å². The molecular formula is C20H21NO3. The molecule has 1 heterocycles. The van der Waals surface area contributed by atoms with Gasteiger partial charge in [0.15, 0.2) is 0 Å². The molecule has 2 aromatic carbocycles. The number of nitrogens with zero attached hydrogens (tertiary/aromatic N) is 1. The maximum atomic E-state index is 12.4. The Bertz CT molecular complexity index is 910. The van der Waals surface area contributed by atoms with Gasteiger partial charge in [-0.1, -0.05) is 44.2 Å². The highest BCUT2D eigenvalue weighted by atomic mass is 16.4. The molecule has 0 bridgehead atoms. The molecule has 0 aliphatic carbocycles. The molecule has 0 aliphatic heterocycles. The minimum atomic E-state index is -0.522. The van der Waals surface area contributed by atoms with Crippen LogP contribution < -0.4 is 5.63 Å². The molecule has 24 heavy (non-hydrogen) atoms. The van der Waals surface area contributed by atoms with Gasteiger partial charge in [-0.25, -0.2) is 4.79 Å². The van der Waals surface area contributed by atoms with Crippen LogP contribution >= 0.6 is 0 Å². The molecule has 0 spiro atoms. The molecule has 1 aromatic heterocycles. The van der Waals surface area contributed by atoms with E-state index in [1.165, 1.54) is 0 Å². The van der Waals surface area contributed by atoms with E-state index in [0.717, 1.165) is 25.2 Å². The van der Waals surface area contributed by atoms with Crippen molar-refractivity contribution in [1.82, 2.24) is 4.90 Å². The molecule has 0 saturated carbocycles. The number of aromatic hydroxyl groups is 1. The number of para-hydroxylation sites is 1. The Hall–Kier alpha value is -2.59. The van der Waals surface area contributed by atoms with Crippen LogP contribution in [0.3, 0.4) is 0 Å². The number of fused-ring (bicyclic) bond motifs is 1. The van der Waals surface area contributed by atoms with Crippen molar-refractivity contribution in [1.29, 1.82) is 0 Å². The van der Waals surface area contributed by atoms with Crippen LogP contribution in [0.1, 0.15) is 19.4 Å². The molecule has 1 N–H and O–H groups in total. The second-order valence-electron chi connectivity index (χ2n) is 5.77. The average Bonchev–Trinajstić information content (AvgIpc) is 2.60. The number of rotatable bonds is 5. The fourth-order valence-electron chi connectivity index (χ4n) is 2.92. The third kappa shape index (κ3) is 3.05. The zero-order valence-electron chi connectivity index (χ0n) is 14.0. The zero-order valence-corrected chi connectivity index (χ0v) is 14.0. The quantitative estimate of drug-likeness (QED) is 0.721. The number of hydrogen-bond acceptors (Lipinski definition) is 4. The summed E-state index contributed by atoms with van der Waals surface area (Å²) in [5.41, 5.74) is 1.86. The van der Waals surface area contributed by atoms with Gasteiger partial charge in [0.05, 0.1) is 5.39 Å². The van der Waals surface area contributed by atoms with Crippen LogP contribution in [0.4, 0.5) is 0 Å². The summed E-state index contributed by atoms with van der Waals surface area (Å²) in [6.07, 6.45) is 0. The molecule has 0 aliphatic rings. The van der Waals surface area contributed by atoms with E-state index >= 15 is 0 Å². The van der Waals surface area contributed by atoms with Crippen molar-refractivity contribution in [2.24, 2.45) is 0 Å². The van der Waals surface area contributed by atoms with Crippen LogP contribution in [0, 0.1) is 0 Å². The fraction of sp³-hybridized carbons (Fsp3) is 0.250. The van der Waals surface area contributed by atoms with Gasteiger partial charge in [0.2, 0.25) is 0 Å². The smallest absolute Gasteiger partial charge is 0.347 e. The molecule has 0 unspecified atom stereocenters. The maximum Gasteiger partial charge on any atom is 0.347 e. The molecule has 124 valence electrons. The Morgan fingerprint density at radius 1 is 1.04 bits per heavy atom. The minimum absolute atomic E-state index is 0.0261. The van der Waals surface area contributed by atoms with E-state index in [1.54, 1.807) is 18.2 Å². The second-order valence-corrected chi connectivity index (χ2v) is 5.77. The Morgan fingerprint density at radius 2 is 1.79 bits per heavy atom. The average molecular weight is 323 g/mol. The fourth-order valence-corrected chi connectivity index (χ4v) is 2.92. The number of benzene rings is 2. The van der Waals surface area contributed by atoms with E-state index in [0.29, 0.717) is 16.5 Å². The van der Waals surface area contributed by atoms with Crippen LogP contribution in [-0.4, -0.2) is 23.1 Å². The summed E-state index contributed by atoms with van der Waals surface area (Å²) in [5.74, 6) is -0.0261. The lowest BCUT2D eigenvalue weighted by Gasteiger charge is -2.18. The summed E-state index contributed by atoms with van der Waals surface area (Å²) in [6, 6.07) is 14.7. The predicted molar refractivity (Wildman–Crippen MR) is 96.2 cm³/mol. The lowest BCUT2D eigenvalue weighted by molar-refractivity contribution is 0.296. The van der Waals surface area contributed by atoms with Crippen molar-refractivity contribution in [2.45, 2.75) is 20.4 Å². The van der Waals surface area contributed by atoms with E-state index in [4.69, 9.17) is 4.42 Å². The van der Waals surface area contributed by atoms with E-state index in [2.05, 4.69) is 18.7 Å². The van der Waals surface area contributed by atoms with Gasteiger partial charge in [-0.2, -0.15) is 0 Å². The maximum absolute atomic E-state index is 12.4. The van der Waals surface area contributed by atoms with Gasteiger partial charge < -0.3 is 9.52 Å². The molecule has 0 saturated heterocycles. The summed E-state index contributed by atoms with van der Waals surface area (Å²) in [4.78, 5) is 14.7. The highest BCUT2D eigenvalue weighted by molar-refractivity contribution is 5.90. The summed E-state index contributed by atoms with van der Waals surface area (Å²) in [6.45, 7) is 6.98. The van der Waals surface area contributed by atoms with Gasteiger partial charge in [-0.05, 0) is 42.4 Å². The predicted octanol–water partition coefficient (Wildman–Crippen LogP) is 4.01. The number of hydrogen-bond donors (Lipinski definition) is 1. The van der Waals surface area contributed by atoms with Crippen LogP contribution in [0.2, 0.25) is 0 Å². The van der Waals surface area contributed by atoms with Gasteiger partial charge >= 0.3 is 5.63 Å². The summed E-state index contributed by atoms with van der Waals surface area (Å²) < 4.78 is 5.37. The van der Waals surface area contributed by atoms with Crippen LogP contribution in [0.15, 0.2) is 57.7 Å². The monoisotopic (exact) mass is 323 g/mol. The van der Waals surface area contributed by atoms with E-state index in [9.17, 15) is 9.90 Å². The molecule has 0 atom stereocenters. The third-order valence-electron chi connectivity index (χ3n) is 4.30. The first-order chi connectivity index (χ1) is 11.6. The summed E-state index contributed by atoms with van der Waals surface area (Å²) in [7, 11) is 0. The SMILES string of the molecule is CCN(CC)Cc1cccc(-c2c(O)c3ccccc3oc2=O)c1. The third-order valence-corrected chi connectivity index (χ3v) is 4.30. The van der Waals surface area contributed by atoms with Crippen molar-refractivity contribution < 1.29 is 9.52 Å². The summed E-state index contributed by atoms with van der Waals surface area (Å²) in [5, 5.41) is 11.1. The van der Waals surface area contributed by atoms with Gasteiger partial charge in [0.25, 0.3) is 0 Å². The van der Waals surface area contributed by atoms with E-state index in [1.807, 2.05) is 30.3 Å². The molecule has 0 amide bonds. The van der Waals surface area contributed by atoms with E-state index in [-0.39, 0.29) is 11.3 Å². The lowest BCUT2D eigenvalue weighted by atomic mass is 10.0. The van der Waals surface area contributed by atoms with Crippen molar-refractivity contribution in [2.75, 3.05) is 13.1 Å². The Labute approximate surface area is 141 Å². The Kier molecular flexibility index (Phi) is 4.67. The van der Waals surface area contributed by atoms with Gasteiger partial charge in [-0.3, -0.25) is 4.90 Å². The van der Waals surface area contributed by atoms with Crippen molar-refractivity contribution in [3.63, 3.8) is 0 Å².